The summed E-state index contributed by atoms with van der Waals surface area (Å²) < 4.78 is 5.36. The average Bonchev–Trinajstić information content (AvgIpc) is 3.49. The van der Waals surface area contributed by atoms with Crippen LogP contribution in [0.1, 0.15) is 37.8 Å². The van der Waals surface area contributed by atoms with E-state index < -0.39 is 0 Å². The molecule has 0 radical (unpaired) electrons. The molecule has 3 unspecified atom stereocenters. The molecule has 1 aromatic carbocycles. The molecule has 32 heavy (non-hydrogen) atoms. The Kier molecular flexibility index (Phi) is 9.67. The van der Waals surface area contributed by atoms with Gasteiger partial charge in [0.1, 0.15) is 5.75 Å². The van der Waals surface area contributed by atoms with Crippen molar-refractivity contribution < 1.29 is 4.74 Å². The number of piperidine rings is 1. The average molecular weight is 554 g/mol. The molecule has 0 saturated carbocycles. The molecule has 2 fully saturated rings. The summed E-state index contributed by atoms with van der Waals surface area (Å²) in [6, 6.07) is 9.67. The molecule has 0 amide bonds. The minimum Gasteiger partial charge on any atom is -0.497 e. The standard InChI is InChI=1S/C25H39N5O.HI/c1-4-26-25(30-17-13-22(19-30)29-15-5-6-16-29)27-18-21-8-7-14-28(2)24(21)20-9-11-23(31-3)12-10-20;/h5-6,9-12,21-22,24H,4,7-8,13-19H2,1-3H3,(H,26,27);1H. The van der Waals surface area contributed by atoms with Crippen molar-refractivity contribution in [1.29, 1.82) is 0 Å². The number of benzene rings is 1. The Bertz CT molecular complexity index is 760. The fraction of sp³-hybridized carbons (Fsp3) is 0.640. The number of ether oxygens (including phenoxy) is 1. The first-order chi connectivity index (χ1) is 15.2. The number of hydrogen-bond donors (Lipinski definition) is 1. The molecule has 3 aliphatic heterocycles. The van der Waals surface area contributed by atoms with Crippen LogP contribution in [0.5, 0.6) is 5.75 Å². The predicted octanol–water partition coefficient (Wildman–Crippen LogP) is 3.61. The molecule has 3 atom stereocenters. The number of hydrogen-bond acceptors (Lipinski definition) is 4. The van der Waals surface area contributed by atoms with Crippen molar-refractivity contribution in [3.05, 3.63) is 42.0 Å². The Balaban J connectivity index is 0.00000289. The van der Waals surface area contributed by atoms with Crippen molar-refractivity contribution in [3.8, 4) is 5.75 Å². The van der Waals surface area contributed by atoms with Crippen LogP contribution in [-0.4, -0.2) is 86.7 Å². The predicted molar refractivity (Wildman–Crippen MR) is 143 cm³/mol. The molecule has 1 aromatic rings. The van der Waals surface area contributed by atoms with Gasteiger partial charge in [0.2, 0.25) is 0 Å². The first-order valence-corrected chi connectivity index (χ1v) is 12.0. The second kappa shape index (κ2) is 12.2. The van der Waals surface area contributed by atoms with Gasteiger partial charge in [-0.05, 0) is 63.4 Å². The lowest BCUT2D eigenvalue weighted by atomic mass is 9.85. The maximum atomic E-state index is 5.36. The van der Waals surface area contributed by atoms with Crippen LogP contribution in [0.4, 0.5) is 0 Å². The van der Waals surface area contributed by atoms with Crippen LogP contribution < -0.4 is 10.1 Å². The summed E-state index contributed by atoms with van der Waals surface area (Å²) in [5.74, 6) is 2.55. The minimum absolute atomic E-state index is 0. The third kappa shape index (κ3) is 5.97. The minimum atomic E-state index is 0. The zero-order valence-electron chi connectivity index (χ0n) is 19.9. The van der Waals surface area contributed by atoms with E-state index in [-0.39, 0.29) is 24.0 Å². The second-order valence-corrected chi connectivity index (χ2v) is 9.11. The molecule has 0 aromatic heterocycles. The monoisotopic (exact) mass is 553 g/mol. The molecule has 0 aliphatic carbocycles. The number of nitrogens with zero attached hydrogens (tertiary/aromatic N) is 4. The smallest absolute Gasteiger partial charge is 0.193 e. The number of halogens is 1. The summed E-state index contributed by atoms with van der Waals surface area (Å²) in [7, 11) is 3.98. The molecule has 3 heterocycles. The molecule has 1 N–H and O–H groups in total. The maximum Gasteiger partial charge on any atom is 0.193 e. The van der Waals surface area contributed by atoms with E-state index in [9.17, 15) is 0 Å². The number of guanidine groups is 1. The molecular formula is C25H40IN5O. The van der Waals surface area contributed by atoms with Gasteiger partial charge in [0.25, 0.3) is 0 Å². The van der Waals surface area contributed by atoms with E-state index in [0.29, 0.717) is 18.0 Å². The van der Waals surface area contributed by atoms with Crippen LogP contribution in [0.2, 0.25) is 0 Å². The van der Waals surface area contributed by atoms with Crippen molar-refractivity contribution in [2.45, 2.75) is 38.3 Å². The molecule has 0 spiro atoms. The van der Waals surface area contributed by atoms with Crippen molar-refractivity contribution >= 4 is 29.9 Å². The summed E-state index contributed by atoms with van der Waals surface area (Å²) in [4.78, 5) is 12.7. The topological polar surface area (TPSA) is 43.3 Å². The van der Waals surface area contributed by atoms with Gasteiger partial charge < -0.3 is 15.0 Å². The van der Waals surface area contributed by atoms with Gasteiger partial charge in [-0.15, -0.1) is 24.0 Å². The van der Waals surface area contributed by atoms with Crippen LogP contribution in [0.25, 0.3) is 0 Å². The third-order valence-electron chi connectivity index (χ3n) is 7.10. The molecule has 2 saturated heterocycles. The van der Waals surface area contributed by atoms with Crippen LogP contribution in [0.3, 0.4) is 0 Å². The summed E-state index contributed by atoms with van der Waals surface area (Å²) in [6.45, 7) is 9.48. The van der Waals surface area contributed by atoms with E-state index in [1.54, 1.807) is 7.11 Å². The molecule has 178 valence electrons. The molecule has 6 nitrogen and oxygen atoms in total. The Labute approximate surface area is 211 Å². The zero-order valence-corrected chi connectivity index (χ0v) is 22.2. The fourth-order valence-corrected chi connectivity index (χ4v) is 5.43. The van der Waals surface area contributed by atoms with Crippen LogP contribution in [0.15, 0.2) is 41.4 Å². The summed E-state index contributed by atoms with van der Waals surface area (Å²) >= 11 is 0. The number of likely N-dealkylation sites (tertiary alicyclic amines) is 2. The van der Waals surface area contributed by atoms with E-state index in [1.165, 1.54) is 24.8 Å². The summed E-state index contributed by atoms with van der Waals surface area (Å²) in [6.07, 6.45) is 8.29. The first-order valence-electron chi connectivity index (χ1n) is 12.0. The Morgan fingerprint density at radius 1 is 1.12 bits per heavy atom. The lowest BCUT2D eigenvalue weighted by Crippen LogP contribution is -2.43. The van der Waals surface area contributed by atoms with Gasteiger partial charge in [0.05, 0.1) is 7.11 Å². The van der Waals surface area contributed by atoms with Gasteiger partial charge in [-0.25, -0.2) is 0 Å². The number of rotatable bonds is 6. The van der Waals surface area contributed by atoms with Crippen molar-refractivity contribution in [1.82, 2.24) is 20.0 Å². The third-order valence-corrected chi connectivity index (χ3v) is 7.10. The quantitative estimate of drug-likeness (QED) is 0.253. The van der Waals surface area contributed by atoms with Gasteiger partial charge in [0, 0.05) is 51.4 Å². The Morgan fingerprint density at radius 3 is 2.56 bits per heavy atom. The van der Waals surface area contributed by atoms with E-state index in [2.05, 4.69) is 70.4 Å². The van der Waals surface area contributed by atoms with E-state index in [4.69, 9.17) is 9.73 Å². The highest BCUT2D eigenvalue weighted by Crippen LogP contribution is 2.36. The van der Waals surface area contributed by atoms with E-state index in [0.717, 1.165) is 57.5 Å². The highest BCUT2D eigenvalue weighted by Gasteiger charge is 2.32. The normalized spacial score (nSPS) is 26.9. The Hall–Kier alpha value is -1.32. The summed E-state index contributed by atoms with van der Waals surface area (Å²) in [5, 5.41) is 3.57. The van der Waals surface area contributed by atoms with E-state index >= 15 is 0 Å². The largest absolute Gasteiger partial charge is 0.497 e. The van der Waals surface area contributed by atoms with Crippen LogP contribution in [-0.2, 0) is 0 Å². The van der Waals surface area contributed by atoms with Gasteiger partial charge in [-0.2, -0.15) is 0 Å². The molecule has 7 heteroatoms. The lowest BCUT2D eigenvalue weighted by molar-refractivity contribution is 0.125. The van der Waals surface area contributed by atoms with Gasteiger partial charge in [-0.3, -0.25) is 14.8 Å². The molecule has 0 bridgehead atoms. The van der Waals surface area contributed by atoms with Gasteiger partial charge >= 0.3 is 0 Å². The van der Waals surface area contributed by atoms with Crippen molar-refractivity contribution in [2.24, 2.45) is 10.9 Å². The SMILES string of the molecule is CCNC(=NCC1CCCN(C)C1c1ccc(OC)cc1)N1CCC(N2CC=CC2)C1.I. The first kappa shape index (κ1) is 25.3. The molecule has 4 rings (SSSR count). The number of methoxy groups -OCH3 is 1. The highest BCUT2D eigenvalue weighted by molar-refractivity contribution is 14.0. The summed E-state index contributed by atoms with van der Waals surface area (Å²) in [5.41, 5.74) is 1.37. The van der Waals surface area contributed by atoms with Gasteiger partial charge in [-0.1, -0.05) is 24.3 Å². The second-order valence-electron chi connectivity index (χ2n) is 9.11. The number of nitrogens with one attached hydrogen (secondary N) is 1. The molecule has 3 aliphatic rings. The fourth-order valence-electron chi connectivity index (χ4n) is 5.43. The van der Waals surface area contributed by atoms with E-state index in [1.807, 2.05) is 0 Å². The number of aliphatic imine (C=N–C) groups is 1. The Morgan fingerprint density at radius 2 is 1.88 bits per heavy atom. The molecular weight excluding hydrogens is 513 g/mol. The zero-order chi connectivity index (χ0) is 21.6. The lowest BCUT2D eigenvalue weighted by Gasteiger charge is -2.39. The van der Waals surface area contributed by atoms with Crippen molar-refractivity contribution in [3.63, 3.8) is 0 Å². The van der Waals surface area contributed by atoms with Crippen molar-refractivity contribution in [2.75, 3.05) is 60.0 Å². The van der Waals surface area contributed by atoms with Gasteiger partial charge in [0.15, 0.2) is 5.96 Å². The van der Waals surface area contributed by atoms with Crippen LogP contribution >= 0.6 is 24.0 Å². The highest BCUT2D eigenvalue weighted by atomic mass is 127. The maximum absolute atomic E-state index is 5.36. The van der Waals surface area contributed by atoms with Crippen LogP contribution in [0, 0.1) is 5.92 Å².